The Morgan fingerprint density at radius 2 is 1.73 bits per heavy atom. The number of aromatic nitrogens is 1. The Hall–Kier alpha value is -4.12. The lowest BCUT2D eigenvalue weighted by Gasteiger charge is -2.31. The molecule has 3 heterocycles. The predicted molar refractivity (Wildman–Crippen MR) is 145 cm³/mol. The molecule has 0 saturated heterocycles. The van der Waals surface area contributed by atoms with E-state index >= 15 is 0 Å². The number of fused-ring (bicyclic) bond motifs is 1. The smallest absolute Gasteiger partial charge is 0.419 e. The Balaban J connectivity index is 1.51. The zero-order valence-electron chi connectivity index (χ0n) is 21.9. The summed E-state index contributed by atoms with van der Waals surface area (Å²) in [6.07, 6.45) is -3.58. The van der Waals surface area contributed by atoms with Crippen molar-refractivity contribution in [1.29, 1.82) is 0 Å². The van der Waals surface area contributed by atoms with Crippen LogP contribution in [-0.2, 0) is 12.7 Å². The Kier molecular flexibility index (Phi) is 6.53. The van der Waals surface area contributed by atoms with Gasteiger partial charge in [0.25, 0.3) is 16.8 Å². The number of nitrogens with zero attached hydrogens (tertiary/aromatic N) is 2. The summed E-state index contributed by atoms with van der Waals surface area (Å²) >= 11 is 6.34. The highest BCUT2D eigenvalue weighted by Crippen LogP contribution is 2.43. The molecule has 1 amide bonds. The second-order valence-corrected chi connectivity index (χ2v) is 11.0. The number of benzene rings is 1. The maximum Gasteiger partial charge on any atom is 0.419 e. The van der Waals surface area contributed by atoms with Gasteiger partial charge in [-0.3, -0.25) is 19.3 Å². The second kappa shape index (κ2) is 9.51. The number of furan rings is 1. The molecule has 12 heteroatoms. The average Bonchev–Trinajstić information content (AvgIpc) is 3.46. The largest absolute Gasteiger partial charge is 0.464 e. The monoisotopic (exact) mass is 572 g/mol. The first-order valence-electron chi connectivity index (χ1n) is 12.3. The summed E-state index contributed by atoms with van der Waals surface area (Å²) in [6, 6.07) is 7.96. The fraction of sp³-hybridized carbons (Fsp3) is 0.286. The number of pyridine rings is 1. The zero-order valence-corrected chi connectivity index (χ0v) is 22.6. The molecule has 40 heavy (non-hydrogen) atoms. The maximum atomic E-state index is 13.7. The lowest BCUT2D eigenvalue weighted by molar-refractivity contribution is -0.137. The molecule has 2 aromatic carbocycles. The highest BCUT2D eigenvalue weighted by atomic mass is 35.5. The van der Waals surface area contributed by atoms with Crippen LogP contribution in [0.5, 0.6) is 0 Å². The maximum absolute atomic E-state index is 13.7. The van der Waals surface area contributed by atoms with Crippen molar-refractivity contribution in [3.05, 3.63) is 96.3 Å². The van der Waals surface area contributed by atoms with E-state index in [1.165, 1.54) is 12.1 Å². The van der Waals surface area contributed by atoms with E-state index in [0.717, 1.165) is 23.2 Å². The summed E-state index contributed by atoms with van der Waals surface area (Å²) in [6.45, 7) is 7.34. The number of hydrogen-bond acceptors (Lipinski definition) is 7. The molecule has 2 N–H and O–H groups in total. The van der Waals surface area contributed by atoms with Gasteiger partial charge in [0.2, 0.25) is 0 Å². The van der Waals surface area contributed by atoms with Crippen LogP contribution in [0.25, 0.3) is 0 Å². The van der Waals surface area contributed by atoms with E-state index < -0.39 is 45.8 Å². The lowest BCUT2D eigenvalue weighted by atomic mass is 9.85. The van der Waals surface area contributed by atoms with Gasteiger partial charge >= 0.3 is 6.18 Å². The van der Waals surface area contributed by atoms with E-state index in [1.807, 2.05) is 20.8 Å². The standard InChI is InChI=1S/C28H24ClF3N4O4/c1-13-7-10-18(40-13)24(27(2,3)4)35-21-20(22(37)23(21)38)34-17-9-8-16(29)14-12-36(26(39)19(14)17)25-15(28(30,31)32)6-5-11-33-25/h5-11,24,34-35H,12H2,1-4H3/t24-/m0/s1. The van der Waals surface area contributed by atoms with Crippen LogP contribution >= 0.6 is 11.6 Å². The van der Waals surface area contributed by atoms with Gasteiger partial charge in [-0.1, -0.05) is 32.4 Å². The Morgan fingerprint density at radius 3 is 2.35 bits per heavy atom. The summed E-state index contributed by atoms with van der Waals surface area (Å²) < 4.78 is 46.8. The van der Waals surface area contributed by atoms with Crippen molar-refractivity contribution < 1.29 is 22.4 Å². The highest BCUT2D eigenvalue weighted by Gasteiger charge is 2.41. The van der Waals surface area contributed by atoms with Crippen LogP contribution in [0.15, 0.2) is 56.6 Å². The fourth-order valence-electron chi connectivity index (χ4n) is 4.75. The number of aryl methyl sites for hydroxylation is 1. The molecule has 0 unspecified atom stereocenters. The molecule has 4 aromatic rings. The number of nitrogens with one attached hydrogen (secondary N) is 2. The second-order valence-electron chi connectivity index (χ2n) is 10.6. The summed E-state index contributed by atoms with van der Waals surface area (Å²) in [7, 11) is 0. The number of amides is 1. The molecule has 0 fully saturated rings. The van der Waals surface area contributed by atoms with Gasteiger partial charge in [0, 0.05) is 16.8 Å². The van der Waals surface area contributed by atoms with Crippen molar-refractivity contribution in [3.63, 3.8) is 0 Å². The molecule has 0 aliphatic carbocycles. The third-order valence-electron chi connectivity index (χ3n) is 6.75. The number of rotatable bonds is 6. The van der Waals surface area contributed by atoms with Crippen LogP contribution in [0.3, 0.4) is 0 Å². The summed E-state index contributed by atoms with van der Waals surface area (Å²) in [4.78, 5) is 43.5. The summed E-state index contributed by atoms with van der Waals surface area (Å²) in [5.41, 5.74) is -2.76. The highest BCUT2D eigenvalue weighted by molar-refractivity contribution is 6.33. The van der Waals surface area contributed by atoms with Crippen molar-refractivity contribution in [2.45, 2.75) is 46.5 Å². The molecule has 5 rings (SSSR count). The summed E-state index contributed by atoms with van der Waals surface area (Å²) in [5, 5.41) is 6.14. The molecule has 0 bridgehead atoms. The van der Waals surface area contributed by atoms with Gasteiger partial charge < -0.3 is 15.1 Å². The van der Waals surface area contributed by atoms with Gasteiger partial charge in [0.15, 0.2) is 0 Å². The number of carbonyl (C=O) groups is 1. The molecule has 0 spiro atoms. The summed E-state index contributed by atoms with van der Waals surface area (Å²) in [5.74, 6) is -0.0960. The van der Waals surface area contributed by atoms with Crippen molar-refractivity contribution in [1.82, 2.24) is 4.98 Å². The zero-order chi connectivity index (χ0) is 29.1. The molecule has 1 aliphatic rings. The normalized spacial score (nSPS) is 14.5. The van der Waals surface area contributed by atoms with Crippen molar-refractivity contribution in [2.75, 3.05) is 15.5 Å². The van der Waals surface area contributed by atoms with Crippen molar-refractivity contribution in [3.8, 4) is 0 Å². The molecule has 0 saturated carbocycles. The molecule has 1 atom stereocenters. The van der Waals surface area contributed by atoms with Gasteiger partial charge in [0.1, 0.15) is 28.7 Å². The Labute approximate surface area is 231 Å². The first kappa shape index (κ1) is 27.4. The van der Waals surface area contributed by atoms with Crippen molar-refractivity contribution >= 4 is 40.4 Å². The first-order valence-corrected chi connectivity index (χ1v) is 12.6. The molecule has 8 nitrogen and oxygen atoms in total. The predicted octanol–water partition coefficient (Wildman–Crippen LogP) is 6.35. The minimum Gasteiger partial charge on any atom is -0.464 e. The van der Waals surface area contributed by atoms with Gasteiger partial charge in [-0.25, -0.2) is 4.98 Å². The SMILES string of the molecule is Cc1ccc([C@H](Nc2c(Nc3ccc(Cl)c4c3C(=O)N(c3ncccc3C(F)(F)F)C4)c(=O)c2=O)C(C)(C)C)o1. The van der Waals surface area contributed by atoms with E-state index in [4.69, 9.17) is 16.0 Å². The molecular weight excluding hydrogens is 549 g/mol. The third kappa shape index (κ3) is 4.64. The van der Waals surface area contributed by atoms with Crippen LogP contribution in [0.4, 0.5) is 36.1 Å². The van der Waals surface area contributed by atoms with E-state index in [2.05, 4.69) is 15.6 Å². The molecule has 2 aromatic heterocycles. The minimum atomic E-state index is -4.75. The number of anilines is 4. The molecule has 208 valence electrons. The molecule has 0 radical (unpaired) electrons. The average molecular weight is 573 g/mol. The number of hydrogen-bond donors (Lipinski definition) is 2. The molecular formula is C28H24ClF3N4O4. The van der Waals surface area contributed by atoms with Crippen LogP contribution < -0.4 is 26.4 Å². The topological polar surface area (TPSA) is 105 Å². The number of alkyl halides is 3. The van der Waals surface area contributed by atoms with Crippen LogP contribution in [0.2, 0.25) is 5.02 Å². The third-order valence-corrected chi connectivity index (χ3v) is 7.10. The van der Waals surface area contributed by atoms with Gasteiger partial charge in [-0.05, 0) is 48.7 Å². The first-order chi connectivity index (χ1) is 18.7. The van der Waals surface area contributed by atoms with Gasteiger partial charge in [-0.2, -0.15) is 13.2 Å². The number of halogens is 4. The fourth-order valence-corrected chi connectivity index (χ4v) is 4.96. The van der Waals surface area contributed by atoms with E-state index in [0.29, 0.717) is 11.5 Å². The van der Waals surface area contributed by atoms with E-state index in [-0.39, 0.29) is 39.8 Å². The van der Waals surface area contributed by atoms with Crippen molar-refractivity contribution in [2.24, 2.45) is 5.41 Å². The van der Waals surface area contributed by atoms with E-state index in [9.17, 15) is 27.6 Å². The van der Waals surface area contributed by atoms with E-state index in [1.54, 1.807) is 19.1 Å². The van der Waals surface area contributed by atoms with Gasteiger partial charge in [-0.15, -0.1) is 0 Å². The number of carbonyl (C=O) groups excluding carboxylic acids is 1. The quantitative estimate of drug-likeness (QED) is 0.259. The molecule has 1 aliphatic heterocycles. The lowest BCUT2D eigenvalue weighted by Crippen LogP contribution is -2.39. The Bertz CT molecular complexity index is 1710. The van der Waals surface area contributed by atoms with Crippen LogP contribution in [-0.4, -0.2) is 10.9 Å². The van der Waals surface area contributed by atoms with Crippen LogP contribution in [0.1, 0.15) is 59.8 Å². The Morgan fingerprint density at radius 1 is 1.02 bits per heavy atom. The van der Waals surface area contributed by atoms with Crippen LogP contribution in [0, 0.1) is 12.3 Å². The minimum absolute atomic E-state index is 0.00839. The van der Waals surface area contributed by atoms with Gasteiger partial charge in [0.05, 0.1) is 29.4 Å².